The molecule has 0 saturated heterocycles. The minimum Gasteiger partial charge on any atom is -0.481 e. The molecule has 0 saturated carbocycles. The topological polar surface area (TPSA) is 104 Å². The maximum atomic E-state index is 11.5. The van der Waals surface area contributed by atoms with Crippen molar-refractivity contribution in [1.82, 2.24) is 5.32 Å². The number of carbonyl (C=O) groups excluding carboxylic acids is 1. The van der Waals surface area contributed by atoms with E-state index < -0.39 is 30.3 Å². The van der Waals surface area contributed by atoms with Gasteiger partial charge in [-0.1, -0.05) is 20.3 Å². The van der Waals surface area contributed by atoms with Crippen molar-refractivity contribution < 1.29 is 24.6 Å². The fourth-order valence-corrected chi connectivity index (χ4v) is 1.25. The molecule has 0 aromatic carbocycles. The number of rotatable bonds is 7. The van der Waals surface area contributed by atoms with E-state index in [1.165, 1.54) is 0 Å². The average Bonchev–Trinajstić information content (AvgIpc) is 2.16. The highest BCUT2D eigenvalue weighted by Crippen LogP contribution is 2.06. The van der Waals surface area contributed by atoms with Crippen molar-refractivity contribution in [2.45, 2.75) is 39.2 Å². The molecule has 3 N–H and O–H groups in total. The molecular weight excluding hydrogens is 214 g/mol. The molecule has 0 bridgehead atoms. The molecule has 2 atom stereocenters. The van der Waals surface area contributed by atoms with E-state index in [9.17, 15) is 14.4 Å². The molecule has 1 amide bonds. The Labute approximate surface area is 93.6 Å². The monoisotopic (exact) mass is 231 g/mol. The second kappa shape index (κ2) is 6.81. The summed E-state index contributed by atoms with van der Waals surface area (Å²) in [5.41, 5.74) is 0. The first-order valence-corrected chi connectivity index (χ1v) is 5.13. The smallest absolute Gasteiger partial charge is 0.326 e. The van der Waals surface area contributed by atoms with Crippen molar-refractivity contribution in [3.63, 3.8) is 0 Å². The van der Waals surface area contributed by atoms with Gasteiger partial charge in [0.05, 0.1) is 6.42 Å². The number of amides is 1. The lowest BCUT2D eigenvalue weighted by atomic mass is 10.0. The summed E-state index contributed by atoms with van der Waals surface area (Å²) >= 11 is 0. The van der Waals surface area contributed by atoms with Crippen LogP contribution in [0.4, 0.5) is 0 Å². The van der Waals surface area contributed by atoms with E-state index in [2.05, 4.69) is 5.32 Å². The number of hydrogen-bond acceptors (Lipinski definition) is 3. The van der Waals surface area contributed by atoms with Crippen LogP contribution in [0.1, 0.15) is 33.1 Å². The van der Waals surface area contributed by atoms with E-state index in [1.54, 1.807) is 6.92 Å². The Balaban J connectivity index is 4.34. The van der Waals surface area contributed by atoms with Crippen LogP contribution in [-0.4, -0.2) is 34.1 Å². The standard InChI is InChI=1S/C10H17NO5/c1-3-4-6(2)9(14)11-7(10(15)16)5-8(12)13/h6-7H,3-5H2,1-2H3,(H,11,14)(H,12,13)(H,15,16). The van der Waals surface area contributed by atoms with Crippen molar-refractivity contribution in [1.29, 1.82) is 0 Å². The lowest BCUT2D eigenvalue weighted by Crippen LogP contribution is -2.44. The third kappa shape index (κ3) is 5.33. The first-order chi connectivity index (χ1) is 7.38. The molecular formula is C10H17NO5. The van der Waals surface area contributed by atoms with Crippen LogP contribution < -0.4 is 5.32 Å². The second-order valence-electron chi connectivity index (χ2n) is 3.69. The van der Waals surface area contributed by atoms with E-state index >= 15 is 0 Å². The summed E-state index contributed by atoms with van der Waals surface area (Å²) in [6, 6.07) is -1.36. The largest absolute Gasteiger partial charge is 0.481 e. The predicted octanol–water partition coefficient (Wildman–Crippen LogP) is 0.467. The lowest BCUT2D eigenvalue weighted by Gasteiger charge is -2.15. The third-order valence-corrected chi connectivity index (χ3v) is 2.16. The van der Waals surface area contributed by atoms with Crippen molar-refractivity contribution in [2.75, 3.05) is 0 Å². The molecule has 6 heteroatoms. The predicted molar refractivity (Wildman–Crippen MR) is 55.9 cm³/mol. The maximum Gasteiger partial charge on any atom is 0.326 e. The first-order valence-electron chi connectivity index (χ1n) is 5.13. The van der Waals surface area contributed by atoms with Gasteiger partial charge in [0, 0.05) is 5.92 Å². The number of carbonyl (C=O) groups is 3. The Hall–Kier alpha value is -1.59. The van der Waals surface area contributed by atoms with Gasteiger partial charge in [-0.15, -0.1) is 0 Å². The van der Waals surface area contributed by atoms with Crippen LogP contribution in [0.5, 0.6) is 0 Å². The number of carboxylic acid groups (broad SMARTS) is 2. The molecule has 0 fully saturated rings. The Morgan fingerprint density at radius 3 is 2.19 bits per heavy atom. The van der Waals surface area contributed by atoms with E-state index in [-0.39, 0.29) is 5.92 Å². The fourth-order valence-electron chi connectivity index (χ4n) is 1.25. The van der Waals surface area contributed by atoms with Gasteiger partial charge in [-0.3, -0.25) is 9.59 Å². The number of nitrogens with one attached hydrogen (secondary N) is 1. The summed E-state index contributed by atoms with van der Waals surface area (Å²) in [5, 5.41) is 19.4. The van der Waals surface area contributed by atoms with Gasteiger partial charge < -0.3 is 15.5 Å². The Kier molecular flexibility index (Phi) is 6.14. The molecule has 0 aliphatic rings. The normalized spacial score (nSPS) is 13.9. The Morgan fingerprint density at radius 2 is 1.81 bits per heavy atom. The van der Waals surface area contributed by atoms with Crippen molar-refractivity contribution in [2.24, 2.45) is 5.92 Å². The minimum atomic E-state index is -1.36. The quantitative estimate of drug-likeness (QED) is 0.590. The molecule has 0 rings (SSSR count). The van der Waals surface area contributed by atoms with Gasteiger partial charge in [-0.25, -0.2) is 4.79 Å². The molecule has 6 nitrogen and oxygen atoms in total. The summed E-state index contributed by atoms with van der Waals surface area (Å²) in [4.78, 5) is 32.5. The van der Waals surface area contributed by atoms with E-state index in [1.807, 2.05) is 6.92 Å². The molecule has 0 aromatic rings. The van der Waals surface area contributed by atoms with E-state index in [4.69, 9.17) is 10.2 Å². The molecule has 0 radical (unpaired) electrons. The van der Waals surface area contributed by atoms with Crippen molar-refractivity contribution in [3.8, 4) is 0 Å². The van der Waals surface area contributed by atoms with Crippen LogP contribution in [0.3, 0.4) is 0 Å². The zero-order chi connectivity index (χ0) is 12.7. The van der Waals surface area contributed by atoms with E-state index in [0.717, 1.165) is 6.42 Å². The van der Waals surface area contributed by atoms with Gasteiger partial charge in [0.25, 0.3) is 0 Å². The SMILES string of the molecule is CCCC(C)C(=O)NC(CC(=O)O)C(=O)O. The number of aliphatic carboxylic acids is 2. The molecule has 2 unspecified atom stereocenters. The zero-order valence-corrected chi connectivity index (χ0v) is 9.40. The molecule has 92 valence electrons. The molecule has 0 aliphatic heterocycles. The third-order valence-electron chi connectivity index (χ3n) is 2.16. The maximum absolute atomic E-state index is 11.5. The fraction of sp³-hybridized carbons (Fsp3) is 0.700. The zero-order valence-electron chi connectivity index (χ0n) is 9.40. The van der Waals surface area contributed by atoms with Crippen molar-refractivity contribution in [3.05, 3.63) is 0 Å². The summed E-state index contributed by atoms with van der Waals surface area (Å²) < 4.78 is 0. The first kappa shape index (κ1) is 14.4. The summed E-state index contributed by atoms with van der Waals surface area (Å²) in [7, 11) is 0. The van der Waals surface area contributed by atoms with Crippen LogP contribution in [0.25, 0.3) is 0 Å². The van der Waals surface area contributed by atoms with Gasteiger partial charge in [0.2, 0.25) is 5.91 Å². The number of carboxylic acids is 2. The highest BCUT2D eigenvalue weighted by Gasteiger charge is 2.24. The van der Waals surface area contributed by atoms with Gasteiger partial charge >= 0.3 is 11.9 Å². The van der Waals surface area contributed by atoms with Gasteiger partial charge in [0.1, 0.15) is 6.04 Å². The molecule has 0 heterocycles. The highest BCUT2D eigenvalue weighted by atomic mass is 16.4. The van der Waals surface area contributed by atoms with Crippen molar-refractivity contribution >= 4 is 17.8 Å². The van der Waals surface area contributed by atoms with Gasteiger partial charge in [-0.2, -0.15) is 0 Å². The lowest BCUT2D eigenvalue weighted by molar-refractivity contribution is -0.147. The molecule has 0 aromatic heterocycles. The molecule has 0 aliphatic carbocycles. The second-order valence-corrected chi connectivity index (χ2v) is 3.69. The summed E-state index contributed by atoms with van der Waals surface area (Å²) in [6.07, 6.45) is 0.844. The highest BCUT2D eigenvalue weighted by molar-refractivity contribution is 5.87. The average molecular weight is 231 g/mol. The van der Waals surface area contributed by atoms with Crippen LogP contribution in [-0.2, 0) is 14.4 Å². The molecule has 0 spiro atoms. The van der Waals surface area contributed by atoms with Crippen LogP contribution in [0, 0.1) is 5.92 Å². The van der Waals surface area contributed by atoms with Gasteiger partial charge in [-0.05, 0) is 6.42 Å². The number of hydrogen-bond donors (Lipinski definition) is 3. The minimum absolute atomic E-state index is 0.305. The van der Waals surface area contributed by atoms with Crippen LogP contribution >= 0.6 is 0 Å². The summed E-state index contributed by atoms with van der Waals surface area (Å²) in [6.45, 7) is 3.59. The van der Waals surface area contributed by atoms with E-state index in [0.29, 0.717) is 6.42 Å². The van der Waals surface area contributed by atoms with Crippen LogP contribution in [0.2, 0.25) is 0 Å². The van der Waals surface area contributed by atoms with Gasteiger partial charge in [0.15, 0.2) is 0 Å². The summed E-state index contributed by atoms with van der Waals surface area (Å²) in [5.74, 6) is -3.31. The Bertz CT molecular complexity index is 276. The molecule has 16 heavy (non-hydrogen) atoms. The van der Waals surface area contributed by atoms with Crippen LogP contribution in [0.15, 0.2) is 0 Å². The Morgan fingerprint density at radius 1 is 1.25 bits per heavy atom.